The number of benzene rings is 2. The Balaban J connectivity index is 2.41. The molecule has 4 atom stereocenters. The van der Waals surface area contributed by atoms with Crippen molar-refractivity contribution in [3.63, 3.8) is 0 Å². The van der Waals surface area contributed by atoms with E-state index in [1.54, 1.807) is 44.2 Å². The number of aliphatic carboxylic acids is 1. The molecule has 0 aliphatic heterocycles. The van der Waals surface area contributed by atoms with Gasteiger partial charge in [0.2, 0.25) is 11.8 Å². The van der Waals surface area contributed by atoms with Crippen LogP contribution in [0.3, 0.4) is 0 Å². The van der Waals surface area contributed by atoms with Crippen molar-refractivity contribution in [3.8, 4) is 5.75 Å². The average molecular weight is 612 g/mol. The van der Waals surface area contributed by atoms with Gasteiger partial charge in [-0.2, -0.15) is 0 Å². The van der Waals surface area contributed by atoms with Gasteiger partial charge in [-0.15, -0.1) is 0 Å². The van der Waals surface area contributed by atoms with Crippen LogP contribution < -0.4 is 27.8 Å². The molecule has 14 heteroatoms. The Bertz CT molecular complexity index is 1300. The summed E-state index contributed by atoms with van der Waals surface area (Å²) in [5.41, 5.74) is 17.8. The van der Waals surface area contributed by atoms with Crippen LogP contribution in [0.25, 0.3) is 0 Å². The summed E-state index contributed by atoms with van der Waals surface area (Å²) < 4.78 is 0. The predicted molar refractivity (Wildman–Crippen MR) is 163 cm³/mol. The number of hydrogen-bond acceptors (Lipinski definition) is 7. The SMILES string of the molecule is CC(C)[C@@H](C(N)=O)N(C(=O)[C@H](CCCN=C(N)N)NC(=O)N[C@@H](Cc1ccc(O)cc1)C(=O)O)[C@H](C=O)Cc1ccccc1. The van der Waals surface area contributed by atoms with Crippen LogP contribution >= 0.6 is 0 Å². The van der Waals surface area contributed by atoms with Gasteiger partial charge in [0.25, 0.3) is 0 Å². The first-order valence-corrected chi connectivity index (χ1v) is 14.1. The summed E-state index contributed by atoms with van der Waals surface area (Å²) in [4.78, 5) is 69.3. The van der Waals surface area contributed by atoms with Crippen molar-refractivity contribution in [3.05, 3.63) is 65.7 Å². The highest BCUT2D eigenvalue weighted by Crippen LogP contribution is 2.20. The van der Waals surface area contributed by atoms with Crippen molar-refractivity contribution in [1.82, 2.24) is 15.5 Å². The molecule has 0 unspecified atom stereocenters. The molecule has 0 fully saturated rings. The summed E-state index contributed by atoms with van der Waals surface area (Å²) in [5, 5.41) is 24.1. The first-order chi connectivity index (χ1) is 20.8. The minimum atomic E-state index is -1.39. The van der Waals surface area contributed by atoms with E-state index < -0.39 is 53.9 Å². The Labute approximate surface area is 255 Å². The number of aromatic hydroxyl groups is 1. The number of phenolic OH excluding ortho intramolecular Hbond substituents is 1. The molecular weight excluding hydrogens is 570 g/mol. The number of carboxylic acids is 1. The number of amides is 4. The largest absolute Gasteiger partial charge is 0.508 e. The molecule has 2 rings (SSSR count). The zero-order valence-corrected chi connectivity index (χ0v) is 24.8. The number of rotatable bonds is 17. The van der Waals surface area contributed by atoms with Gasteiger partial charge in [-0.3, -0.25) is 14.6 Å². The number of carbonyl (C=O) groups excluding carboxylic acids is 4. The second-order valence-electron chi connectivity index (χ2n) is 10.6. The van der Waals surface area contributed by atoms with E-state index in [9.17, 15) is 34.2 Å². The molecule has 14 nitrogen and oxygen atoms in total. The highest BCUT2D eigenvalue weighted by molar-refractivity contribution is 5.94. The van der Waals surface area contributed by atoms with E-state index >= 15 is 0 Å². The standard InChI is InChI=1S/C30H41N7O7/c1-18(2)25(26(31)40)37(21(17-38)15-19-7-4-3-5-8-19)27(41)23(9-6-14-34-29(32)33)35-30(44)36-24(28(42)43)16-20-10-12-22(39)13-11-20/h3-5,7-8,10-13,17-18,21,23-25,39H,6,9,14-16H2,1-2H3,(H2,31,40)(H,42,43)(H4,32,33,34)(H2,35,36,44)/t21-,23-,24-,25-/m0/s1. The first kappa shape index (κ1) is 35.1. The third kappa shape index (κ3) is 10.9. The predicted octanol–water partition coefficient (Wildman–Crippen LogP) is 0.258. The van der Waals surface area contributed by atoms with Crippen molar-refractivity contribution in [2.24, 2.45) is 28.1 Å². The van der Waals surface area contributed by atoms with Crippen LogP contribution in [-0.2, 0) is 32.0 Å². The van der Waals surface area contributed by atoms with Gasteiger partial charge in [-0.1, -0.05) is 56.3 Å². The lowest BCUT2D eigenvalue weighted by Gasteiger charge is -2.38. The third-order valence-corrected chi connectivity index (χ3v) is 6.81. The number of nitrogens with zero attached hydrogens (tertiary/aromatic N) is 2. The second-order valence-corrected chi connectivity index (χ2v) is 10.6. The molecule has 2 aromatic rings. The fraction of sp³-hybridized carbons (Fsp3) is 0.400. The quantitative estimate of drug-likeness (QED) is 0.0560. The molecule has 0 saturated carbocycles. The highest BCUT2D eigenvalue weighted by atomic mass is 16.4. The highest BCUT2D eigenvalue weighted by Gasteiger charge is 2.39. The molecule has 0 bridgehead atoms. The zero-order chi connectivity index (χ0) is 32.8. The molecule has 0 radical (unpaired) electrons. The average Bonchev–Trinajstić information content (AvgIpc) is 2.96. The number of nitrogens with two attached hydrogens (primary N) is 3. The smallest absolute Gasteiger partial charge is 0.326 e. The molecule has 0 spiro atoms. The second kappa shape index (κ2) is 17.1. The number of primary amides is 1. The van der Waals surface area contributed by atoms with Crippen molar-refractivity contribution < 1.29 is 34.2 Å². The number of carboxylic acid groups (broad SMARTS) is 1. The van der Waals surface area contributed by atoms with Gasteiger partial charge in [-0.25, -0.2) is 9.59 Å². The normalized spacial score (nSPS) is 13.5. The summed E-state index contributed by atoms with van der Waals surface area (Å²) in [6, 6.07) is 8.69. The molecule has 0 aliphatic carbocycles. The number of hydrogen-bond donors (Lipinski definition) is 7. The van der Waals surface area contributed by atoms with Crippen LogP contribution in [-0.4, -0.2) is 81.9 Å². The van der Waals surface area contributed by atoms with E-state index in [0.29, 0.717) is 11.8 Å². The van der Waals surface area contributed by atoms with Crippen molar-refractivity contribution in [2.75, 3.05) is 6.54 Å². The Hall–Kier alpha value is -5.14. The summed E-state index contributed by atoms with van der Waals surface area (Å²) in [6.07, 6.45) is 0.714. The molecule has 0 heterocycles. The first-order valence-electron chi connectivity index (χ1n) is 14.1. The van der Waals surface area contributed by atoms with Crippen LogP contribution in [0.5, 0.6) is 5.75 Å². The Kier molecular flexibility index (Phi) is 13.6. The van der Waals surface area contributed by atoms with Gasteiger partial charge in [-0.05, 0) is 48.4 Å². The minimum Gasteiger partial charge on any atom is -0.508 e. The summed E-state index contributed by atoms with van der Waals surface area (Å²) >= 11 is 0. The number of aldehydes is 1. The van der Waals surface area contributed by atoms with E-state index in [-0.39, 0.29) is 43.9 Å². The van der Waals surface area contributed by atoms with Crippen molar-refractivity contribution >= 4 is 36.1 Å². The zero-order valence-electron chi connectivity index (χ0n) is 24.8. The molecule has 0 aromatic heterocycles. The minimum absolute atomic E-state index is 0.00508. The topological polar surface area (TPSA) is 244 Å². The number of urea groups is 1. The van der Waals surface area contributed by atoms with E-state index in [2.05, 4.69) is 15.6 Å². The maximum Gasteiger partial charge on any atom is 0.326 e. The van der Waals surface area contributed by atoms with Crippen LogP contribution in [0.2, 0.25) is 0 Å². The molecule has 10 N–H and O–H groups in total. The maximum absolute atomic E-state index is 14.2. The van der Waals surface area contributed by atoms with Gasteiger partial charge in [0.15, 0.2) is 5.96 Å². The van der Waals surface area contributed by atoms with Crippen LogP contribution in [0.1, 0.15) is 37.8 Å². The van der Waals surface area contributed by atoms with E-state index in [0.717, 1.165) is 10.5 Å². The summed E-state index contributed by atoms with van der Waals surface area (Å²) in [5.74, 6) is -3.60. The van der Waals surface area contributed by atoms with Gasteiger partial charge >= 0.3 is 12.0 Å². The number of nitrogens with one attached hydrogen (secondary N) is 2. The Morgan fingerprint density at radius 1 is 0.909 bits per heavy atom. The van der Waals surface area contributed by atoms with Gasteiger partial charge in [0.1, 0.15) is 30.2 Å². The Morgan fingerprint density at radius 2 is 1.50 bits per heavy atom. The van der Waals surface area contributed by atoms with Crippen LogP contribution in [0.15, 0.2) is 59.6 Å². The lowest BCUT2D eigenvalue weighted by atomic mass is 9.95. The summed E-state index contributed by atoms with van der Waals surface area (Å²) in [7, 11) is 0. The van der Waals surface area contributed by atoms with Crippen molar-refractivity contribution in [2.45, 2.75) is 63.7 Å². The molecule has 0 aliphatic rings. The fourth-order valence-corrected chi connectivity index (χ4v) is 4.73. The lowest BCUT2D eigenvalue weighted by Crippen LogP contribution is -2.62. The fourth-order valence-electron chi connectivity index (χ4n) is 4.73. The van der Waals surface area contributed by atoms with Gasteiger partial charge < -0.3 is 47.7 Å². The van der Waals surface area contributed by atoms with E-state index in [4.69, 9.17) is 17.2 Å². The Morgan fingerprint density at radius 3 is 2.02 bits per heavy atom. The van der Waals surface area contributed by atoms with Crippen LogP contribution in [0.4, 0.5) is 4.79 Å². The number of phenols is 1. The van der Waals surface area contributed by atoms with E-state index in [1.165, 1.54) is 24.3 Å². The molecule has 44 heavy (non-hydrogen) atoms. The monoisotopic (exact) mass is 611 g/mol. The molecule has 2 aromatic carbocycles. The third-order valence-electron chi connectivity index (χ3n) is 6.81. The van der Waals surface area contributed by atoms with E-state index in [1.807, 2.05) is 0 Å². The molecule has 238 valence electrons. The molecule has 4 amide bonds. The van der Waals surface area contributed by atoms with Gasteiger partial charge in [0.05, 0.1) is 6.04 Å². The maximum atomic E-state index is 14.2. The molecular formula is C30H41N7O7. The molecule has 0 saturated heterocycles. The van der Waals surface area contributed by atoms with Crippen LogP contribution in [0, 0.1) is 5.92 Å². The number of guanidine groups is 1. The van der Waals surface area contributed by atoms with Crippen molar-refractivity contribution in [1.29, 1.82) is 0 Å². The number of aliphatic imine (C=N–C) groups is 1. The summed E-state index contributed by atoms with van der Waals surface area (Å²) in [6.45, 7) is 3.46. The lowest BCUT2D eigenvalue weighted by molar-refractivity contribution is -0.147. The van der Waals surface area contributed by atoms with Gasteiger partial charge in [0, 0.05) is 13.0 Å². The number of carbonyl (C=O) groups is 5.